The number of hydrogen-bond acceptors (Lipinski definition) is 5. The van der Waals surface area contributed by atoms with E-state index in [2.05, 4.69) is 16.3 Å². The second-order valence-corrected chi connectivity index (χ2v) is 7.12. The van der Waals surface area contributed by atoms with Crippen molar-refractivity contribution in [3.05, 3.63) is 57.8 Å². The molecule has 5 heteroatoms. The van der Waals surface area contributed by atoms with Gasteiger partial charge in [-0.15, -0.1) is 0 Å². The minimum absolute atomic E-state index is 0.409. The van der Waals surface area contributed by atoms with Crippen molar-refractivity contribution in [3.63, 3.8) is 0 Å². The predicted molar refractivity (Wildman–Crippen MR) is 96.7 cm³/mol. The molecule has 126 valence electrons. The van der Waals surface area contributed by atoms with E-state index in [0.717, 1.165) is 38.0 Å². The lowest BCUT2D eigenvalue weighted by Gasteiger charge is -2.33. The van der Waals surface area contributed by atoms with Crippen molar-refractivity contribution < 1.29 is 5.11 Å². The number of nitriles is 1. The molecule has 1 aliphatic rings. The molecule has 1 aliphatic heterocycles. The van der Waals surface area contributed by atoms with E-state index in [0.29, 0.717) is 18.2 Å². The Kier molecular flexibility index (Phi) is 6.00. The summed E-state index contributed by atoms with van der Waals surface area (Å²) in [5.74, 6) is 0. The number of benzene rings is 1. The van der Waals surface area contributed by atoms with Gasteiger partial charge in [-0.1, -0.05) is 12.1 Å². The highest BCUT2D eigenvalue weighted by Crippen LogP contribution is 2.18. The molecular weight excluding hydrogens is 318 g/mol. The molecule has 1 aromatic heterocycles. The number of rotatable bonds is 6. The molecule has 0 amide bonds. The first-order chi connectivity index (χ1) is 11.7. The highest BCUT2D eigenvalue weighted by Gasteiger charge is 2.20. The normalized spacial score (nSPS) is 17.5. The highest BCUT2D eigenvalue weighted by atomic mass is 32.1. The molecule has 1 aromatic carbocycles. The first kappa shape index (κ1) is 17.1. The molecule has 3 rings (SSSR count). The van der Waals surface area contributed by atoms with Crippen LogP contribution in [0, 0.1) is 11.3 Å². The van der Waals surface area contributed by atoms with Gasteiger partial charge in [0.1, 0.15) is 0 Å². The Morgan fingerprint density at radius 2 is 2.00 bits per heavy atom. The van der Waals surface area contributed by atoms with E-state index in [-0.39, 0.29) is 0 Å². The van der Waals surface area contributed by atoms with Crippen LogP contribution < -0.4 is 5.32 Å². The summed E-state index contributed by atoms with van der Waals surface area (Å²) in [6, 6.07) is 12.5. The van der Waals surface area contributed by atoms with Gasteiger partial charge in [0.05, 0.1) is 17.7 Å². The number of nitrogens with zero attached hydrogens (tertiary/aromatic N) is 2. The standard InChI is InChI=1S/C19H23N3OS/c20-11-15-1-3-16(4-2-15)13-22-8-5-18(6-9-22)21-12-19(23)17-7-10-24-14-17/h1-4,7,10,14,18-19,21,23H,5-6,8-9,12-13H2. The lowest BCUT2D eigenvalue weighted by atomic mass is 10.0. The van der Waals surface area contributed by atoms with Crippen molar-refractivity contribution in [2.75, 3.05) is 19.6 Å². The predicted octanol–water partition coefficient (Wildman–Crippen LogP) is 2.91. The Hall–Kier alpha value is -1.71. The summed E-state index contributed by atoms with van der Waals surface area (Å²) >= 11 is 1.62. The fraction of sp³-hybridized carbons (Fsp3) is 0.421. The van der Waals surface area contributed by atoms with E-state index in [4.69, 9.17) is 5.26 Å². The molecule has 1 unspecified atom stereocenters. The van der Waals surface area contributed by atoms with Gasteiger partial charge in [0.25, 0.3) is 0 Å². The Labute approximate surface area is 147 Å². The third-order valence-electron chi connectivity index (χ3n) is 4.60. The van der Waals surface area contributed by atoms with Crippen LogP contribution in [0.25, 0.3) is 0 Å². The van der Waals surface area contributed by atoms with Gasteiger partial charge in [0.15, 0.2) is 0 Å². The van der Waals surface area contributed by atoms with Crippen LogP contribution in [-0.2, 0) is 6.54 Å². The highest BCUT2D eigenvalue weighted by molar-refractivity contribution is 7.07. The van der Waals surface area contributed by atoms with Crippen LogP contribution in [-0.4, -0.2) is 35.7 Å². The summed E-state index contributed by atoms with van der Waals surface area (Å²) in [5, 5.41) is 26.5. The maximum absolute atomic E-state index is 10.1. The molecule has 0 aliphatic carbocycles. The lowest BCUT2D eigenvalue weighted by molar-refractivity contribution is 0.149. The smallest absolute Gasteiger partial charge is 0.0991 e. The molecular formula is C19H23N3OS. The SMILES string of the molecule is N#Cc1ccc(CN2CCC(NCC(O)c3ccsc3)CC2)cc1. The van der Waals surface area contributed by atoms with Gasteiger partial charge in [-0.2, -0.15) is 16.6 Å². The van der Waals surface area contributed by atoms with Crippen LogP contribution >= 0.6 is 11.3 Å². The van der Waals surface area contributed by atoms with Crippen LogP contribution in [0.1, 0.15) is 35.6 Å². The molecule has 2 N–H and O–H groups in total. The van der Waals surface area contributed by atoms with Gasteiger partial charge >= 0.3 is 0 Å². The molecule has 0 spiro atoms. The maximum atomic E-state index is 10.1. The molecule has 1 atom stereocenters. The van der Waals surface area contributed by atoms with Crippen molar-refractivity contribution in [1.82, 2.24) is 10.2 Å². The monoisotopic (exact) mass is 341 g/mol. The van der Waals surface area contributed by atoms with Crippen LogP contribution in [0.15, 0.2) is 41.1 Å². The topological polar surface area (TPSA) is 59.3 Å². The Morgan fingerprint density at radius 3 is 2.62 bits per heavy atom. The largest absolute Gasteiger partial charge is 0.387 e. The molecule has 2 aromatic rings. The number of aliphatic hydroxyl groups is 1. The molecule has 24 heavy (non-hydrogen) atoms. The Morgan fingerprint density at radius 1 is 1.25 bits per heavy atom. The second kappa shape index (κ2) is 8.41. The molecule has 0 radical (unpaired) electrons. The zero-order chi connectivity index (χ0) is 16.8. The number of hydrogen-bond donors (Lipinski definition) is 2. The number of likely N-dealkylation sites (tertiary alicyclic amines) is 1. The zero-order valence-electron chi connectivity index (χ0n) is 13.7. The van der Waals surface area contributed by atoms with E-state index < -0.39 is 6.10 Å². The zero-order valence-corrected chi connectivity index (χ0v) is 14.5. The number of nitrogens with one attached hydrogen (secondary N) is 1. The number of aliphatic hydroxyl groups excluding tert-OH is 1. The van der Waals surface area contributed by atoms with Gasteiger partial charge < -0.3 is 10.4 Å². The fourth-order valence-electron chi connectivity index (χ4n) is 3.10. The van der Waals surface area contributed by atoms with E-state index in [1.54, 1.807) is 11.3 Å². The van der Waals surface area contributed by atoms with E-state index in [1.165, 1.54) is 5.56 Å². The third kappa shape index (κ3) is 4.65. The molecule has 4 nitrogen and oxygen atoms in total. The Bertz CT molecular complexity index is 655. The molecule has 1 saturated heterocycles. The van der Waals surface area contributed by atoms with E-state index in [1.807, 2.05) is 41.1 Å². The molecule has 0 bridgehead atoms. The summed E-state index contributed by atoms with van der Waals surface area (Å²) in [4.78, 5) is 2.45. The summed E-state index contributed by atoms with van der Waals surface area (Å²) in [7, 11) is 0. The van der Waals surface area contributed by atoms with Gasteiger partial charge in [0, 0.05) is 19.1 Å². The summed E-state index contributed by atoms with van der Waals surface area (Å²) in [6.45, 7) is 3.69. The first-order valence-corrected chi connectivity index (χ1v) is 9.34. The van der Waals surface area contributed by atoms with E-state index >= 15 is 0 Å². The average molecular weight is 341 g/mol. The van der Waals surface area contributed by atoms with Gasteiger partial charge in [0.2, 0.25) is 0 Å². The molecule has 2 heterocycles. The molecule has 1 fully saturated rings. The van der Waals surface area contributed by atoms with Crippen LogP contribution in [0.4, 0.5) is 0 Å². The van der Waals surface area contributed by atoms with Crippen molar-refractivity contribution >= 4 is 11.3 Å². The summed E-state index contributed by atoms with van der Waals surface area (Å²) in [6.07, 6.45) is 1.80. The molecule has 0 saturated carbocycles. The minimum atomic E-state index is -0.409. The number of thiophene rings is 1. The first-order valence-electron chi connectivity index (χ1n) is 8.39. The van der Waals surface area contributed by atoms with Crippen molar-refractivity contribution in [2.24, 2.45) is 0 Å². The second-order valence-electron chi connectivity index (χ2n) is 6.34. The quantitative estimate of drug-likeness (QED) is 0.848. The lowest BCUT2D eigenvalue weighted by Crippen LogP contribution is -2.43. The fourth-order valence-corrected chi connectivity index (χ4v) is 3.81. The Balaban J connectivity index is 1.40. The van der Waals surface area contributed by atoms with Crippen LogP contribution in [0.3, 0.4) is 0 Å². The van der Waals surface area contributed by atoms with E-state index in [9.17, 15) is 5.11 Å². The van der Waals surface area contributed by atoms with Crippen LogP contribution in [0.5, 0.6) is 0 Å². The van der Waals surface area contributed by atoms with Crippen molar-refractivity contribution in [3.8, 4) is 6.07 Å². The number of piperidine rings is 1. The van der Waals surface area contributed by atoms with Crippen molar-refractivity contribution in [1.29, 1.82) is 5.26 Å². The van der Waals surface area contributed by atoms with Gasteiger partial charge in [-0.25, -0.2) is 0 Å². The maximum Gasteiger partial charge on any atom is 0.0991 e. The third-order valence-corrected chi connectivity index (χ3v) is 5.31. The van der Waals surface area contributed by atoms with Gasteiger partial charge in [-0.05, 0) is 66.0 Å². The average Bonchev–Trinajstić information content (AvgIpc) is 3.16. The van der Waals surface area contributed by atoms with Gasteiger partial charge in [-0.3, -0.25) is 4.90 Å². The minimum Gasteiger partial charge on any atom is -0.387 e. The summed E-state index contributed by atoms with van der Waals surface area (Å²) in [5.41, 5.74) is 2.98. The van der Waals surface area contributed by atoms with Crippen LogP contribution in [0.2, 0.25) is 0 Å². The summed E-state index contributed by atoms with van der Waals surface area (Å²) < 4.78 is 0. The van der Waals surface area contributed by atoms with Crippen molar-refractivity contribution in [2.45, 2.75) is 31.5 Å².